The molecule has 0 heterocycles. The van der Waals surface area contributed by atoms with Gasteiger partial charge in [0.2, 0.25) is 5.91 Å². The number of amides is 1. The lowest BCUT2D eigenvalue weighted by molar-refractivity contribution is -0.151. The maximum atomic E-state index is 13.1. The highest BCUT2D eigenvalue weighted by molar-refractivity contribution is 5.77. The molecule has 0 aliphatic rings. The van der Waals surface area contributed by atoms with Crippen LogP contribution in [0, 0.1) is 0 Å². The summed E-state index contributed by atoms with van der Waals surface area (Å²) in [5.41, 5.74) is 0. The van der Waals surface area contributed by atoms with Gasteiger partial charge in [0, 0.05) is 6.42 Å². The molecular weight excluding hydrogens is 707 g/mol. The van der Waals surface area contributed by atoms with Crippen molar-refractivity contribution in [2.75, 3.05) is 6.61 Å². The lowest BCUT2D eigenvalue weighted by Gasteiger charge is -2.24. The van der Waals surface area contributed by atoms with Crippen LogP contribution >= 0.6 is 0 Å². The molecule has 57 heavy (non-hydrogen) atoms. The molecule has 0 saturated heterocycles. The quantitative estimate of drug-likeness (QED) is 0.0247. The van der Waals surface area contributed by atoms with Gasteiger partial charge in [0.1, 0.15) is 6.10 Å². The zero-order valence-electron chi connectivity index (χ0n) is 37.7. The lowest BCUT2D eigenvalue weighted by atomic mass is 10.0. The van der Waals surface area contributed by atoms with E-state index in [2.05, 4.69) is 74.7 Å². The van der Waals surface area contributed by atoms with Gasteiger partial charge in [-0.2, -0.15) is 0 Å². The van der Waals surface area contributed by atoms with Crippen molar-refractivity contribution < 1.29 is 24.5 Å². The van der Waals surface area contributed by atoms with Crippen molar-refractivity contribution in [3.05, 3.63) is 48.6 Å². The number of rotatable bonds is 43. The van der Waals surface area contributed by atoms with Gasteiger partial charge >= 0.3 is 5.97 Å². The normalized spacial score (nSPS) is 13.7. The van der Waals surface area contributed by atoms with Gasteiger partial charge in [0.05, 0.1) is 25.2 Å². The number of nitrogens with one attached hydrogen (secondary N) is 1. The Morgan fingerprint density at radius 2 is 0.965 bits per heavy atom. The van der Waals surface area contributed by atoms with E-state index < -0.39 is 18.2 Å². The summed E-state index contributed by atoms with van der Waals surface area (Å²) < 4.78 is 5.91. The molecule has 0 aromatic carbocycles. The highest BCUT2D eigenvalue weighted by atomic mass is 16.5. The first-order valence-electron chi connectivity index (χ1n) is 24.4. The molecule has 0 bridgehead atoms. The van der Waals surface area contributed by atoms with Crippen LogP contribution in [0.1, 0.15) is 239 Å². The Labute approximate surface area is 353 Å². The molecule has 0 rings (SSSR count). The Morgan fingerprint density at radius 1 is 0.526 bits per heavy atom. The number of esters is 1. The number of aliphatic hydroxyl groups is 2. The lowest BCUT2D eigenvalue weighted by Crippen LogP contribution is -2.46. The van der Waals surface area contributed by atoms with Gasteiger partial charge in [-0.3, -0.25) is 9.59 Å². The van der Waals surface area contributed by atoms with Gasteiger partial charge in [0.15, 0.2) is 0 Å². The molecule has 3 unspecified atom stereocenters. The Balaban J connectivity index is 4.61. The van der Waals surface area contributed by atoms with Gasteiger partial charge < -0.3 is 20.3 Å². The summed E-state index contributed by atoms with van der Waals surface area (Å²) in [6.45, 7) is 6.32. The average Bonchev–Trinajstić information content (AvgIpc) is 3.20. The monoisotopic (exact) mass is 800 g/mol. The van der Waals surface area contributed by atoms with Crippen LogP contribution in [0.15, 0.2) is 48.6 Å². The minimum absolute atomic E-state index is 0.0625. The van der Waals surface area contributed by atoms with E-state index in [0.29, 0.717) is 19.3 Å². The van der Waals surface area contributed by atoms with Crippen molar-refractivity contribution in [1.82, 2.24) is 5.32 Å². The topological polar surface area (TPSA) is 95.9 Å². The number of hydrogen-bond acceptors (Lipinski definition) is 5. The molecule has 1 amide bonds. The number of hydrogen-bond donors (Lipinski definition) is 3. The van der Waals surface area contributed by atoms with Crippen molar-refractivity contribution >= 4 is 11.9 Å². The predicted molar refractivity (Wildman–Crippen MR) is 245 cm³/mol. The molecule has 6 nitrogen and oxygen atoms in total. The second-order valence-corrected chi connectivity index (χ2v) is 16.5. The largest absolute Gasteiger partial charge is 0.462 e. The maximum Gasteiger partial charge on any atom is 0.306 e. The Kier molecular flexibility index (Phi) is 43.2. The van der Waals surface area contributed by atoms with E-state index in [9.17, 15) is 19.8 Å². The van der Waals surface area contributed by atoms with E-state index in [1.54, 1.807) is 0 Å². The summed E-state index contributed by atoms with van der Waals surface area (Å²) in [4.78, 5) is 26.1. The third-order valence-electron chi connectivity index (χ3n) is 11.0. The van der Waals surface area contributed by atoms with Gasteiger partial charge in [-0.25, -0.2) is 0 Å². The van der Waals surface area contributed by atoms with Crippen LogP contribution in [0.2, 0.25) is 0 Å². The highest BCUT2D eigenvalue weighted by Crippen LogP contribution is 2.17. The van der Waals surface area contributed by atoms with Crippen LogP contribution in [0.3, 0.4) is 0 Å². The molecule has 3 N–H and O–H groups in total. The first-order valence-corrected chi connectivity index (χ1v) is 24.4. The summed E-state index contributed by atoms with van der Waals surface area (Å²) in [6.07, 6.45) is 53.1. The molecule has 3 atom stereocenters. The fourth-order valence-electron chi connectivity index (χ4n) is 7.25. The number of ether oxygens (including phenoxy) is 1. The van der Waals surface area contributed by atoms with Gasteiger partial charge in [-0.1, -0.05) is 204 Å². The van der Waals surface area contributed by atoms with Crippen molar-refractivity contribution in [2.24, 2.45) is 0 Å². The molecule has 0 aliphatic heterocycles. The van der Waals surface area contributed by atoms with Gasteiger partial charge in [-0.15, -0.1) is 0 Å². The minimum Gasteiger partial charge on any atom is -0.462 e. The summed E-state index contributed by atoms with van der Waals surface area (Å²) >= 11 is 0. The van der Waals surface area contributed by atoms with Gasteiger partial charge in [0.25, 0.3) is 0 Å². The first kappa shape index (κ1) is 54.8. The van der Waals surface area contributed by atoms with Crippen LogP contribution in [0.25, 0.3) is 0 Å². The molecule has 0 aliphatic carbocycles. The molecule has 0 spiro atoms. The second kappa shape index (κ2) is 44.9. The fourth-order valence-corrected chi connectivity index (χ4v) is 7.25. The first-order chi connectivity index (χ1) is 28.0. The van der Waals surface area contributed by atoms with E-state index >= 15 is 0 Å². The van der Waals surface area contributed by atoms with Crippen LogP contribution in [-0.4, -0.2) is 46.9 Å². The molecule has 0 radical (unpaired) electrons. The summed E-state index contributed by atoms with van der Waals surface area (Å²) in [5, 5.41) is 23.7. The van der Waals surface area contributed by atoms with Crippen molar-refractivity contribution in [3.8, 4) is 0 Å². The van der Waals surface area contributed by atoms with Crippen molar-refractivity contribution in [1.29, 1.82) is 0 Å². The van der Waals surface area contributed by atoms with E-state index in [1.165, 1.54) is 109 Å². The smallest absolute Gasteiger partial charge is 0.306 e. The third-order valence-corrected chi connectivity index (χ3v) is 11.0. The number of carbonyl (C=O) groups excluding carboxylic acids is 2. The highest BCUT2D eigenvalue weighted by Gasteiger charge is 2.24. The summed E-state index contributed by atoms with van der Waals surface area (Å²) in [6, 6.07) is -0.707. The molecule has 332 valence electrons. The van der Waals surface area contributed by atoms with E-state index in [0.717, 1.165) is 83.5 Å². The summed E-state index contributed by atoms with van der Waals surface area (Å²) in [7, 11) is 0. The molecular formula is C51H93NO5. The SMILES string of the molecule is CC/C=C/C=C/C=C/CCCCCCCC(CC(=O)NC(CO)C(O)CCCCCCCCCCCC)OC(=O)CCCCCCCCC/C=C\CCCCCC. The number of allylic oxidation sites excluding steroid dienone is 8. The predicted octanol–water partition coefficient (Wildman–Crippen LogP) is 14.3. The average molecular weight is 800 g/mol. The van der Waals surface area contributed by atoms with Crippen molar-refractivity contribution in [2.45, 2.75) is 257 Å². The van der Waals surface area contributed by atoms with Crippen LogP contribution in [0.5, 0.6) is 0 Å². The van der Waals surface area contributed by atoms with Crippen LogP contribution in [-0.2, 0) is 14.3 Å². The van der Waals surface area contributed by atoms with Gasteiger partial charge in [-0.05, 0) is 70.6 Å². The fraction of sp³-hybridized carbons (Fsp3) is 0.804. The zero-order valence-corrected chi connectivity index (χ0v) is 37.7. The minimum atomic E-state index is -0.792. The van der Waals surface area contributed by atoms with Crippen LogP contribution in [0.4, 0.5) is 0 Å². The standard InChI is InChI=1S/C51H93NO5/c1-4-7-10-13-16-19-22-24-25-27-29-32-35-38-41-44-51(56)57-47(42-39-36-33-30-28-26-23-20-17-14-11-8-5-2)45-50(55)52-48(46-53)49(54)43-40-37-34-31-21-18-15-12-9-6-3/h8,11,14,17,19-20,22-23,47-49,53-54H,4-7,9-10,12-13,15-16,18,21,24-46H2,1-3H3,(H,52,55)/b11-8+,17-14+,22-19-,23-20+. The van der Waals surface area contributed by atoms with Crippen molar-refractivity contribution in [3.63, 3.8) is 0 Å². The number of carbonyl (C=O) groups is 2. The Bertz CT molecular complexity index is 988. The molecule has 0 saturated carbocycles. The van der Waals surface area contributed by atoms with E-state index in [1.807, 2.05) is 0 Å². The second-order valence-electron chi connectivity index (χ2n) is 16.5. The van der Waals surface area contributed by atoms with Crippen LogP contribution < -0.4 is 5.32 Å². The molecule has 0 aromatic heterocycles. The third kappa shape index (κ3) is 40.4. The molecule has 0 aromatic rings. The van der Waals surface area contributed by atoms with E-state index in [-0.39, 0.29) is 24.9 Å². The number of unbranched alkanes of at least 4 members (excludes halogenated alkanes) is 25. The number of aliphatic hydroxyl groups excluding tert-OH is 2. The Morgan fingerprint density at radius 3 is 1.49 bits per heavy atom. The Hall–Kier alpha value is -2.18. The maximum absolute atomic E-state index is 13.1. The summed E-state index contributed by atoms with van der Waals surface area (Å²) in [5.74, 6) is -0.498. The molecule has 6 heteroatoms. The van der Waals surface area contributed by atoms with E-state index in [4.69, 9.17) is 4.74 Å². The molecule has 0 fully saturated rings. The zero-order chi connectivity index (χ0) is 41.7.